The fourth-order valence-corrected chi connectivity index (χ4v) is 1.97. The number of likely N-dealkylation sites (tertiary alicyclic amines) is 1. The van der Waals surface area contributed by atoms with Gasteiger partial charge in [0.15, 0.2) is 0 Å². The van der Waals surface area contributed by atoms with E-state index in [0.717, 1.165) is 32.5 Å². The fourth-order valence-electron chi connectivity index (χ4n) is 1.97. The zero-order valence-electron chi connectivity index (χ0n) is 8.45. The van der Waals surface area contributed by atoms with Crippen molar-refractivity contribution in [1.29, 1.82) is 5.26 Å². The predicted molar refractivity (Wildman–Crippen MR) is 51.1 cm³/mol. The van der Waals surface area contributed by atoms with Gasteiger partial charge in [-0.25, -0.2) is 0 Å². The molecule has 0 spiro atoms. The number of rotatable bonds is 4. The van der Waals surface area contributed by atoms with Crippen LogP contribution in [0.5, 0.6) is 0 Å². The number of hydrogen-bond acceptors (Lipinski definition) is 3. The maximum Gasteiger partial charge on any atom is 0.0900 e. The second-order valence-electron chi connectivity index (χ2n) is 4.17. The van der Waals surface area contributed by atoms with Crippen LogP contribution in [-0.2, 0) is 0 Å². The molecule has 1 fully saturated rings. The molecule has 0 bridgehead atoms. The number of nitrogens with zero attached hydrogens (tertiary/aromatic N) is 2. The van der Waals surface area contributed by atoms with Gasteiger partial charge in [0.25, 0.3) is 0 Å². The quantitative estimate of drug-likeness (QED) is 0.705. The van der Waals surface area contributed by atoms with Gasteiger partial charge in [-0.2, -0.15) is 5.26 Å². The van der Waals surface area contributed by atoms with Crippen LogP contribution in [0.15, 0.2) is 0 Å². The van der Waals surface area contributed by atoms with Gasteiger partial charge in [-0.3, -0.25) is 4.90 Å². The molecule has 1 rings (SSSR count). The van der Waals surface area contributed by atoms with Crippen molar-refractivity contribution in [2.45, 2.75) is 32.3 Å². The van der Waals surface area contributed by atoms with Crippen molar-refractivity contribution in [3.8, 4) is 6.07 Å². The van der Waals surface area contributed by atoms with Gasteiger partial charge in [-0.05, 0) is 13.3 Å². The van der Waals surface area contributed by atoms with Gasteiger partial charge in [0.05, 0.1) is 17.6 Å². The molecule has 1 heterocycles. The third-order valence-electron chi connectivity index (χ3n) is 2.50. The van der Waals surface area contributed by atoms with Crippen molar-refractivity contribution in [3.05, 3.63) is 0 Å². The van der Waals surface area contributed by atoms with Gasteiger partial charge >= 0.3 is 0 Å². The first-order valence-electron chi connectivity index (χ1n) is 4.94. The molecule has 0 aromatic carbocycles. The average molecular weight is 182 g/mol. The third-order valence-corrected chi connectivity index (χ3v) is 2.50. The molecule has 1 unspecified atom stereocenters. The monoisotopic (exact) mass is 182 g/mol. The molecule has 0 amide bonds. The highest BCUT2D eigenvalue weighted by molar-refractivity contribution is 4.97. The van der Waals surface area contributed by atoms with Crippen LogP contribution in [0.1, 0.15) is 26.7 Å². The molecule has 1 aliphatic rings. The van der Waals surface area contributed by atoms with E-state index in [1.165, 1.54) is 0 Å². The summed E-state index contributed by atoms with van der Waals surface area (Å²) in [7, 11) is 0. The smallest absolute Gasteiger partial charge is 0.0900 e. The summed E-state index contributed by atoms with van der Waals surface area (Å²) in [5.74, 6) is 0.0752. The molecular weight excluding hydrogens is 164 g/mol. The zero-order chi connectivity index (χ0) is 9.90. The van der Waals surface area contributed by atoms with E-state index in [9.17, 15) is 5.11 Å². The highest BCUT2D eigenvalue weighted by atomic mass is 16.3. The second-order valence-corrected chi connectivity index (χ2v) is 4.17. The standard InChI is InChI=1S/C10H18N2O/c1-3-4-10(13)7-12(8-10)6-9(2)5-11/h9,13H,3-4,6-8H2,1-2H3. The van der Waals surface area contributed by atoms with E-state index < -0.39 is 5.60 Å². The van der Waals surface area contributed by atoms with Crippen LogP contribution in [0.4, 0.5) is 0 Å². The van der Waals surface area contributed by atoms with Gasteiger partial charge in [0, 0.05) is 19.6 Å². The summed E-state index contributed by atoms with van der Waals surface area (Å²) in [5.41, 5.74) is -0.454. The lowest BCUT2D eigenvalue weighted by Gasteiger charge is -2.47. The minimum absolute atomic E-state index is 0.0752. The maximum absolute atomic E-state index is 9.84. The first-order chi connectivity index (χ1) is 6.09. The van der Waals surface area contributed by atoms with E-state index in [1.807, 2.05) is 6.92 Å². The highest BCUT2D eigenvalue weighted by Crippen LogP contribution is 2.26. The Labute approximate surface area is 80.0 Å². The number of β-amino-alcohol motifs (C(OH)–C–C–N with tert-alkyl or cyclic N) is 1. The van der Waals surface area contributed by atoms with Crippen molar-refractivity contribution in [2.24, 2.45) is 5.92 Å². The van der Waals surface area contributed by atoms with Gasteiger partial charge in [0.1, 0.15) is 0 Å². The molecular formula is C10H18N2O. The summed E-state index contributed by atoms with van der Waals surface area (Å²) < 4.78 is 0. The Morgan fingerprint density at radius 2 is 2.23 bits per heavy atom. The van der Waals surface area contributed by atoms with Crippen LogP contribution in [-0.4, -0.2) is 35.2 Å². The lowest BCUT2D eigenvalue weighted by Crippen LogP contribution is -2.62. The van der Waals surface area contributed by atoms with Crippen LogP contribution in [0.25, 0.3) is 0 Å². The SMILES string of the molecule is CCCC1(O)CN(CC(C)C#N)C1. The van der Waals surface area contributed by atoms with Crippen LogP contribution < -0.4 is 0 Å². The van der Waals surface area contributed by atoms with Gasteiger partial charge in [-0.1, -0.05) is 13.3 Å². The summed E-state index contributed by atoms with van der Waals surface area (Å²) in [6.07, 6.45) is 1.91. The number of aliphatic hydroxyl groups is 1. The van der Waals surface area contributed by atoms with Crippen molar-refractivity contribution >= 4 is 0 Å². The Hall–Kier alpha value is -0.590. The fraction of sp³-hybridized carbons (Fsp3) is 0.900. The van der Waals surface area contributed by atoms with Gasteiger partial charge in [0.2, 0.25) is 0 Å². The molecule has 13 heavy (non-hydrogen) atoms. The molecule has 0 aromatic heterocycles. The first-order valence-corrected chi connectivity index (χ1v) is 4.94. The Morgan fingerprint density at radius 3 is 2.69 bits per heavy atom. The Balaban J connectivity index is 2.22. The van der Waals surface area contributed by atoms with E-state index >= 15 is 0 Å². The van der Waals surface area contributed by atoms with E-state index in [2.05, 4.69) is 17.9 Å². The van der Waals surface area contributed by atoms with E-state index in [0.29, 0.717) is 0 Å². The zero-order valence-corrected chi connectivity index (χ0v) is 8.45. The highest BCUT2D eigenvalue weighted by Gasteiger charge is 2.40. The molecule has 1 saturated heterocycles. The Morgan fingerprint density at radius 1 is 1.62 bits per heavy atom. The molecule has 0 radical (unpaired) electrons. The minimum atomic E-state index is -0.454. The largest absolute Gasteiger partial charge is 0.387 e. The molecule has 1 aliphatic heterocycles. The molecule has 0 aromatic rings. The van der Waals surface area contributed by atoms with Crippen molar-refractivity contribution in [2.75, 3.05) is 19.6 Å². The van der Waals surface area contributed by atoms with Crippen molar-refractivity contribution in [1.82, 2.24) is 4.90 Å². The van der Waals surface area contributed by atoms with Crippen LogP contribution >= 0.6 is 0 Å². The van der Waals surface area contributed by atoms with E-state index in [-0.39, 0.29) is 5.92 Å². The molecule has 3 nitrogen and oxygen atoms in total. The van der Waals surface area contributed by atoms with Gasteiger partial charge in [-0.15, -0.1) is 0 Å². The number of nitriles is 1. The Kier molecular flexibility index (Phi) is 3.29. The van der Waals surface area contributed by atoms with Crippen LogP contribution in [0.3, 0.4) is 0 Å². The summed E-state index contributed by atoms with van der Waals surface area (Å²) in [6.45, 7) is 6.28. The molecule has 0 saturated carbocycles. The van der Waals surface area contributed by atoms with Crippen molar-refractivity contribution in [3.63, 3.8) is 0 Å². The average Bonchev–Trinajstić information content (AvgIpc) is 2.02. The van der Waals surface area contributed by atoms with Crippen LogP contribution in [0, 0.1) is 17.2 Å². The Bertz CT molecular complexity index is 203. The molecule has 1 N–H and O–H groups in total. The lowest BCUT2D eigenvalue weighted by atomic mass is 9.88. The molecule has 0 aliphatic carbocycles. The first kappa shape index (κ1) is 10.5. The normalized spacial score (nSPS) is 23.2. The topological polar surface area (TPSA) is 47.3 Å². The maximum atomic E-state index is 9.84. The summed E-state index contributed by atoms with van der Waals surface area (Å²) >= 11 is 0. The van der Waals surface area contributed by atoms with Gasteiger partial charge < -0.3 is 5.11 Å². The molecule has 1 atom stereocenters. The van der Waals surface area contributed by atoms with E-state index in [4.69, 9.17) is 5.26 Å². The summed E-state index contributed by atoms with van der Waals surface area (Å²) in [5, 5.41) is 18.4. The van der Waals surface area contributed by atoms with Crippen molar-refractivity contribution < 1.29 is 5.11 Å². The summed E-state index contributed by atoms with van der Waals surface area (Å²) in [6, 6.07) is 2.20. The second kappa shape index (κ2) is 4.08. The summed E-state index contributed by atoms with van der Waals surface area (Å²) in [4.78, 5) is 2.14. The third kappa shape index (κ3) is 2.68. The van der Waals surface area contributed by atoms with Crippen LogP contribution in [0.2, 0.25) is 0 Å². The number of hydrogen-bond donors (Lipinski definition) is 1. The predicted octanol–water partition coefficient (Wildman–Crippen LogP) is 0.993. The van der Waals surface area contributed by atoms with E-state index in [1.54, 1.807) is 0 Å². The lowest BCUT2D eigenvalue weighted by molar-refractivity contribution is -0.105. The molecule has 3 heteroatoms. The molecule has 74 valence electrons. The minimum Gasteiger partial charge on any atom is -0.387 e.